The molecule has 0 aromatic carbocycles. The van der Waals surface area contributed by atoms with Gasteiger partial charge in [0.1, 0.15) is 12.3 Å². The van der Waals surface area contributed by atoms with Gasteiger partial charge in [0.2, 0.25) is 5.91 Å². The number of hydrogen-bond donors (Lipinski definition) is 2. The van der Waals surface area contributed by atoms with Crippen molar-refractivity contribution >= 4 is 34.3 Å². The molecule has 2 aromatic heterocycles. The summed E-state index contributed by atoms with van der Waals surface area (Å²) >= 11 is 1.20. The van der Waals surface area contributed by atoms with Crippen LogP contribution in [0.3, 0.4) is 0 Å². The Morgan fingerprint density at radius 2 is 2.12 bits per heavy atom. The molecular formula is C16H19N3O5S. The van der Waals surface area contributed by atoms with Gasteiger partial charge in [-0.05, 0) is 26.8 Å². The standard InChI is InChI=1S/C16H19N3O5S/c1-9(2)19(7-14(21)22)13(20)6-11-8-25-16(17-11)18-15(23)12-4-5-24-10(12)3/h4-5,8-9H,6-7H2,1-3H3,(H,21,22)(H,17,18,23). The third-order valence-electron chi connectivity index (χ3n) is 3.46. The third kappa shape index (κ3) is 4.90. The molecule has 9 heteroatoms. The zero-order valence-corrected chi connectivity index (χ0v) is 14.9. The molecule has 0 fully saturated rings. The van der Waals surface area contributed by atoms with Crippen LogP contribution < -0.4 is 5.32 Å². The van der Waals surface area contributed by atoms with Crippen LogP contribution in [-0.4, -0.2) is 45.4 Å². The molecule has 0 saturated carbocycles. The average molecular weight is 365 g/mol. The van der Waals surface area contributed by atoms with Crippen LogP contribution in [0.1, 0.15) is 35.7 Å². The summed E-state index contributed by atoms with van der Waals surface area (Å²) in [6.07, 6.45) is 1.40. The molecule has 0 atom stereocenters. The first-order chi connectivity index (χ1) is 11.8. The minimum Gasteiger partial charge on any atom is -0.480 e. The van der Waals surface area contributed by atoms with Gasteiger partial charge in [-0.2, -0.15) is 0 Å². The van der Waals surface area contributed by atoms with Crippen LogP contribution in [0.5, 0.6) is 0 Å². The molecule has 2 aromatic rings. The van der Waals surface area contributed by atoms with Gasteiger partial charge in [0.05, 0.1) is 23.9 Å². The minimum atomic E-state index is -1.07. The molecule has 2 heterocycles. The highest BCUT2D eigenvalue weighted by Gasteiger charge is 2.21. The zero-order valence-electron chi connectivity index (χ0n) is 14.1. The van der Waals surface area contributed by atoms with Gasteiger partial charge in [0, 0.05) is 11.4 Å². The van der Waals surface area contributed by atoms with E-state index in [-0.39, 0.29) is 30.8 Å². The maximum atomic E-state index is 12.3. The van der Waals surface area contributed by atoms with Gasteiger partial charge in [-0.3, -0.25) is 19.7 Å². The first kappa shape index (κ1) is 18.7. The van der Waals surface area contributed by atoms with Crippen LogP contribution in [0.4, 0.5) is 5.13 Å². The van der Waals surface area contributed by atoms with E-state index in [4.69, 9.17) is 9.52 Å². The van der Waals surface area contributed by atoms with Crippen LogP contribution in [-0.2, 0) is 16.0 Å². The summed E-state index contributed by atoms with van der Waals surface area (Å²) in [5.74, 6) is -1.23. The number of rotatable bonds is 7. The van der Waals surface area contributed by atoms with Gasteiger partial charge in [0.25, 0.3) is 5.91 Å². The third-order valence-corrected chi connectivity index (χ3v) is 4.26. The molecule has 25 heavy (non-hydrogen) atoms. The molecule has 134 valence electrons. The molecule has 0 unspecified atom stereocenters. The number of carboxylic acids is 1. The van der Waals surface area contributed by atoms with Gasteiger partial charge in [-0.15, -0.1) is 11.3 Å². The van der Waals surface area contributed by atoms with E-state index in [0.717, 1.165) is 0 Å². The number of carbonyl (C=O) groups is 3. The van der Waals surface area contributed by atoms with Gasteiger partial charge < -0.3 is 14.4 Å². The largest absolute Gasteiger partial charge is 0.480 e. The molecule has 2 N–H and O–H groups in total. The molecular weight excluding hydrogens is 346 g/mol. The number of thiazole rings is 1. The minimum absolute atomic E-state index is 0.0252. The summed E-state index contributed by atoms with van der Waals surface area (Å²) in [4.78, 5) is 40.7. The Morgan fingerprint density at radius 3 is 2.68 bits per heavy atom. The van der Waals surface area contributed by atoms with Crippen molar-refractivity contribution in [3.8, 4) is 0 Å². The molecule has 0 bridgehead atoms. The summed E-state index contributed by atoms with van der Waals surface area (Å²) < 4.78 is 5.09. The van der Waals surface area contributed by atoms with Crippen molar-refractivity contribution in [1.29, 1.82) is 0 Å². The van der Waals surface area contributed by atoms with Crippen LogP contribution in [0.15, 0.2) is 22.1 Å². The summed E-state index contributed by atoms with van der Waals surface area (Å²) in [5.41, 5.74) is 0.894. The van der Waals surface area contributed by atoms with Crippen LogP contribution >= 0.6 is 11.3 Å². The average Bonchev–Trinajstić information content (AvgIpc) is 3.13. The number of anilines is 1. The molecule has 0 spiro atoms. The quantitative estimate of drug-likeness (QED) is 0.777. The van der Waals surface area contributed by atoms with E-state index < -0.39 is 5.97 Å². The van der Waals surface area contributed by atoms with Crippen molar-refractivity contribution in [1.82, 2.24) is 9.88 Å². The molecule has 2 amide bonds. The first-order valence-corrected chi connectivity index (χ1v) is 8.47. The van der Waals surface area contributed by atoms with E-state index in [1.807, 2.05) is 0 Å². The number of nitrogens with zero attached hydrogens (tertiary/aromatic N) is 2. The number of amides is 2. The summed E-state index contributed by atoms with van der Waals surface area (Å²) in [6, 6.07) is 1.33. The normalized spacial score (nSPS) is 10.7. The Bertz CT molecular complexity index is 780. The number of aromatic nitrogens is 1. The number of carbonyl (C=O) groups excluding carboxylic acids is 2. The first-order valence-electron chi connectivity index (χ1n) is 7.59. The van der Waals surface area contributed by atoms with Crippen molar-refractivity contribution < 1.29 is 23.9 Å². The lowest BCUT2D eigenvalue weighted by Crippen LogP contribution is -2.41. The second-order valence-corrected chi connectivity index (χ2v) is 6.53. The Morgan fingerprint density at radius 1 is 1.40 bits per heavy atom. The second-order valence-electron chi connectivity index (χ2n) is 5.67. The topological polar surface area (TPSA) is 113 Å². The maximum Gasteiger partial charge on any atom is 0.323 e. The number of carboxylic acid groups (broad SMARTS) is 1. The Labute approximate surface area is 148 Å². The Balaban J connectivity index is 2.01. The molecule has 8 nitrogen and oxygen atoms in total. The van der Waals surface area contributed by atoms with E-state index in [2.05, 4.69) is 10.3 Å². The lowest BCUT2D eigenvalue weighted by molar-refractivity contribution is -0.145. The van der Waals surface area contributed by atoms with Crippen LogP contribution in [0.2, 0.25) is 0 Å². The SMILES string of the molecule is Cc1occc1C(=O)Nc1nc(CC(=O)N(CC(=O)O)C(C)C)cs1. The Hall–Kier alpha value is -2.68. The molecule has 0 aliphatic rings. The fourth-order valence-corrected chi connectivity index (χ4v) is 2.90. The van der Waals surface area contributed by atoms with Gasteiger partial charge >= 0.3 is 5.97 Å². The molecule has 0 saturated heterocycles. The predicted molar refractivity (Wildman–Crippen MR) is 91.7 cm³/mol. The van der Waals surface area contributed by atoms with E-state index in [0.29, 0.717) is 22.1 Å². The monoisotopic (exact) mass is 365 g/mol. The zero-order chi connectivity index (χ0) is 18.6. The van der Waals surface area contributed by atoms with Gasteiger partial charge in [-0.1, -0.05) is 0 Å². The highest BCUT2D eigenvalue weighted by atomic mass is 32.1. The fourth-order valence-electron chi connectivity index (χ4n) is 2.19. The molecule has 0 aliphatic heterocycles. The Kier molecular flexibility index (Phi) is 5.92. The number of aliphatic carboxylic acids is 1. The van der Waals surface area contributed by atoms with Gasteiger partial charge in [0.15, 0.2) is 5.13 Å². The number of hydrogen-bond acceptors (Lipinski definition) is 6. The molecule has 2 rings (SSSR count). The van der Waals surface area contributed by atoms with Crippen LogP contribution in [0.25, 0.3) is 0 Å². The highest BCUT2D eigenvalue weighted by Crippen LogP contribution is 2.19. The lowest BCUT2D eigenvalue weighted by atomic mass is 10.2. The van der Waals surface area contributed by atoms with Gasteiger partial charge in [-0.25, -0.2) is 4.98 Å². The molecule has 0 radical (unpaired) electrons. The number of furan rings is 1. The molecule has 0 aliphatic carbocycles. The van der Waals surface area contributed by atoms with E-state index in [1.165, 1.54) is 22.5 Å². The summed E-state index contributed by atoms with van der Waals surface area (Å²) in [5, 5.41) is 13.6. The smallest absolute Gasteiger partial charge is 0.323 e. The number of nitrogens with one attached hydrogen (secondary N) is 1. The number of aryl methyl sites for hydroxylation is 1. The van der Waals surface area contributed by atoms with Crippen LogP contribution in [0, 0.1) is 6.92 Å². The van der Waals surface area contributed by atoms with Crippen molar-refractivity contribution in [2.24, 2.45) is 0 Å². The van der Waals surface area contributed by atoms with E-state index in [9.17, 15) is 14.4 Å². The predicted octanol–water partition coefficient (Wildman–Crippen LogP) is 2.16. The van der Waals surface area contributed by atoms with Crippen molar-refractivity contribution in [2.45, 2.75) is 33.2 Å². The van der Waals surface area contributed by atoms with E-state index >= 15 is 0 Å². The van der Waals surface area contributed by atoms with E-state index in [1.54, 1.807) is 32.2 Å². The summed E-state index contributed by atoms with van der Waals surface area (Å²) in [7, 11) is 0. The van der Waals surface area contributed by atoms with Crippen molar-refractivity contribution in [2.75, 3.05) is 11.9 Å². The van der Waals surface area contributed by atoms with Crippen molar-refractivity contribution in [3.63, 3.8) is 0 Å². The fraction of sp³-hybridized carbons (Fsp3) is 0.375. The highest BCUT2D eigenvalue weighted by molar-refractivity contribution is 7.14. The lowest BCUT2D eigenvalue weighted by Gasteiger charge is -2.24. The second kappa shape index (κ2) is 7.93. The van der Waals surface area contributed by atoms with Crippen molar-refractivity contribution in [3.05, 3.63) is 34.7 Å². The maximum absolute atomic E-state index is 12.3. The summed E-state index contributed by atoms with van der Waals surface area (Å²) in [6.45, 7) is 4.83.